The summed E-state index contributed by atoms with van der Waals surface area (Å²) >= 11 is 5.78. The molecular weight excluding hydrogens is 283 g/mol. The van der Waals surface area contributed by atoms with E-state index in [1.54, 1.807) is 18.5 Å². The summed E-state index contributed by atoms with van der Waals surface area (Å²) in [5.74, 6) is -0.484. The fourth-order valence-corrected chi connectivity index (χ4v) is 1.71. The third-order valence-corrected chi connectivity index (χ3v) is 2.76. The van der Waals surface area contributed by atoms with Crippen molar-refractivity contribution in [2.75, 3.05) is 6.61 Å². The summed E-state index contributed by atoms with van der Waals surface area (Å²) in [6.07, 6.45) is 3.32. The number of ether oxygens (including phenoxy) is 1. The van der Waals surface area contributed by atoms with Crippen molar-refractivity contribution >= 4 is 17.5 Å². The summed E-state index contributed by atoms with van der Waals surface area (Å²) in [6.45, 7) is 0.179. The maximum absolute atomic E-state index is 12.8. The number of rotatable bonds is 5. The van der Waals surface area contributed by atoms with Crippen molar-refractivity contribution in [2.45, 2.75) is 6.54 Å². The van der Waals surface area contributed by atoms with Crippen LogP contribution in [-0.4, -0.2) is 17.5 Å². The number of carbonyl (C=O) groups is 1. The van der Waals surface area contributed by atoms with Crippen LogP contribution < -0.4 is 10.1 Å². The topological polar surface area (TPSA) is 51.2 Å². The number of halogens is 2. The lowest BCUT2D eigenvalue weighted by molar-refractivity contribution is -0.123. The SMILES string of the molecule is O=C(COc1ccc(F)cc1Cl)NCc1cccnc1. The normalized spacial score (nSPS) is 10.1. The number of amides is 1. The third-order valence-electron chi connectivity index (χ3n) is 2.47. The minimum atomic E-state index is -0.455. The highest BCUT2D eigenvalue weighted by Gasteiger charge is 2.06. The van der Waals surface area contributed by atoms with Crippen molar-refractivity contribution in [1.29, 1.82) is 0 Å². The molecule has 0 aliphatic rings. The van der Waals surface area contributed by atoms with E-state index in [4.69, 9.17) is 16.3 Å². The van der Waals surface area contributed by atoms with Crippen LogP contribution in [0.2, 0.25) is 5.02 Å². The smallest absolute Gasteiger partial charge is 0.258 e. The van der Waals surface area contributed by atoms with Crippen LogP contribution >= 0.6 is 11.6 Å². The molecule has 20 heavy (non-hydrogen) atoms. The predicted molar refractivity (Wildman–Crippen MR) is 73.0 cm³/mol. The van der Waals surface area contributed by atoms with Crippen molar-refractivity contribution < 1.29 is 13.9 Å². The molecular formula is C14H12ClFN2O2. The second kappa shape index (κ2) is 6.86. The lowest BCUT2D eigenvalue weighted by Crippen LogP contribution is -2.28. The van der Waals surface area contributed by atoms with Crippen molar-refractivity contribution in [3.05, 3.63) is 59.1 Å². The minimum absolute atomic E-state index is 0.130. The number of hydrogen-bond acceptors (Lipinski definition) is 3. The van der Waals surface area contributed by atoms with Crippen molar-refractivity contribution in [3.63, 3.8) is 0 Å². The van der Waals surface area contributed by atoms with Crippen LogP contribution in [0.25, 0.3) is 0 Å². The Labute approximate surface area is 120 Å². The van der Waals surface area contributed by atoms with Crippen molar-refractivity contribution in [3.8, 4) is 5.75 Å². The summed E-state index contributed by atoms with van der Waals surface area (Å²) in [7, 11) is 0. The molecule has 0 saturated carbocycles. The number of carbonyl (C=O) groups excluding carboxylic acids is 1. The maximum Gasteiger partial charge on any atom is 0.258 e. The predicted octanol–water partition coefficient (Wildman–Crippen LogP) is 2.57. The molecule has 0 aliphatic heterocycles. The van der Waals surface area contributed by atoms with E-state index in [1.165, 1.54) is 12.1 Å². The summed E-state index contributed by atoms with van der Waals surface area (Å²) in [5.41, 5.74) is 0.890. The van der Waals surface area contributed by atoms with Gasteiger partial charge in [-0.15, -0.1) is 0 Å². The van der Waals surface area contributed by atoms with E-state index in [0.717, 1.165) is 11.6 Å². The molecule has 1 N–H and O–H groups in total. The first-order chi connectivity index (χ1) is 9.65. The van der Waals surface area contributed by atoms with Gasteiger partial charge in [0.05, 0.1) is 5.02 Å². The highest BCUT2D eigenvalue weighted by Crippen LogP contribution is 2.24. The van der Waals surface area contributed by atoms with Crippen molar-refractivity contribution in [1.82, 2.24) is 10.3 Å². The summed E-state index contributed by atoms with van der Waals surface area (Å²) in [5, 5.41) is 2.81. The van der Waals surface area contributed by atoms with Gasteiger partial charge < -0.3 is 10.1 Å². The van der Waals surface area contributed by atoms with Gasteiger partial charge in [0.1, 0.15) is 11.6 Å². The van der Waals surface area contributed by atoms with E-state index in [0.29, 0.717) is 6.54 Å². The first kappa shape index (κ1) is 14.3. The molecule has 0 fully saturated rings. The van der Waals surface area contributed by atoms with Crippen LogP contribution in [0.4, 0.5) is 4.39 Å². The number of hydrogen-bond donors (Lipinski definition) is 1. The number of nitrogens with zero attached hydrogens (tertiary/aromatic N) is 1. The second-order valence-corrected chi connectivity index (χ2v) is 4.41. The molecule has 0 aliphatic carbocycles. The van der Waals surface area contributed by atoms with Gasteiger partial charge in [-0.25, -0.2) is 4.39 Å². The molecule has 0 saturated heterocycles. The average molecular weight is 295 g/mol. The van der Waals surface area contributed by atoms with Gasteiger partial charge in [-0.05, 0) is 29.8 Å². The Morgan fingerprint density at radius 1 is 1.40 bits per heavy atom. The zero-order valence-corrected chi connectivity index (χ0v) is 11.2. The Kier molecular flexibility index (Phi) is 4.90. The van der Waals surface area contributed by atoms with Gasteiger partial charge in [0, 0.05) is 18.9 Å². The Hall–Kier alpha value is -2.14. The highest BCUT2D eigenvalue weighted by molar-refractivity contribution is 6.32. The fraction of sp³-hybridized carbons (Fsp3) is 0.143. The van der Waals surface area contributed by atoms with Crippen LogP contribution in [0.3, 0.4) is 0 Å². The van der Waals surface area contributed by atoms with Crippen LogP contribution in [0.15, 0.2) is 42.7 Å². The second-order valence-electron chi connectivity index (χ2n) is 4.00. The zero-order chi connectivity index (χ0) is 14.4. The third kappa shape index (κ3) is 4.20. The van der Waals surface area contributed by atoms with E-state index in [-0.39, 0.29) is 23.3 Å². The van der Waals surface area contributed by atoms with E-state index >= 15 is 0 Å². The number of pyridine rings is 1. The summed E-state index contributed by atoms with van der Waals surface area (Å²) < 4.78 is 18.0. The van der Waals surface area contributed by atoms with Gasteiger partial charge in [0.15, 0.2) is 6.61 Å². The van der Waals surface area contributed by atoms with Crippen LogP contribution in [-0.2, 0) is 11.3 Å². The monoisotopic (exact) mass is 294 g/mol. The molecule has 2 rings (SSSR count). The molecule has 6 heteroatoms. The lowest BCUT2D eigenvalue weighted by Gasteiger charge is -2.08. The summed E-state index contributed by atoms with van der Waals surface area (Å²) in [4.78, 5) is 15.5. The zero-order valence-electron chi connectivity index (χ0n) is 10.5. The molecule has 1 heterocycles. The minimum Gasteiger partial charge on any atom is -0.482 e. The quantitative estimate of drug-likeness (QED) is 0.922. The first-order valence-electron chi connectivity index (χ1n) is 5.88. The van der Waals surface area contributed by atoms with Gasteiger partial charge in [0.25, 0.3) is 5.91 Å². The molecule has 0 bridgehead atoms. The standard InChI is InChI=1S/C14H12ClFN2O2/c15-12-6-11(16)3-4-13(12)20-9-14(19)18-8-10-2-1-5-17-7-10/h1-7H,8-9H2,(H,18,19). The van der Waals surface area contributed by atoms with Crippen LogP contribution in [0.1, 0.15) is 5.56 Å². The van der Waals surface area contributed by atoms with E-state index in [1.807, 2.05) is 6.07 Å². The molecule has 0 unspecified atom stereocenters. The van der Waals surface area contributed by atoms with Gasteiger partial charge in [-0.2, -0.15) is 0 Å². The molecule has 0 spiro atoms. The Morgan fingerprint density at radius 3 is 2.95 bits per heavy atom. The van der Waals surface area contributed by atoms with Crippen LogP contribution in [0, 0.1) is 5.82 Å². The largest absolute Gasteiger partial charge is 0.482 e. The Balaban J connectivity index is 1.80. The highest BCUT2D eigenvalue weighted by atomic mass is 35.5. The first-order valence-corrected chi connectivity index (χ1v) is 6.26. The molecule has 0 radical (unpaired) electrons. The van der Waals surface area contributed by atoms with Crippen LogP contribution in [0.5, 0.6) is 5.75 Å². The van der Waals surface area contributed by atoms with Gasteiger partial charge in [0.2, 0.25) is 0 Å². The number of benzene rings is 1. The average Bonchev–Trinajstić information content (AvgIpc) is 2.45. The van der Waals surface area contributed by atoms with Crippen molar-refractivity contribution in [2.24, 2.45) is 0 Å². The molecule has 104 valence electrons. The Bertz CT molecular complexity index is 593. The Morgan fingerprint density at radius 2 is 2.25 bits per heavy atom. The van der Waals surface area contributed by atoms with E-state index in [2.05, 4.69) is 10.3 Å². The lowest BCUT2D eigenvalue weighted by atomic mass is 10.3. The molecule has 1 aromatic carbocycles. The summed E-state index contributed by atoms with van der Waals surface area (Å²) in [6, 6.07) is 7.37. The molecule has 1 aromatic heterocycles. The molecule has 2 aromatic rings. The molecule has 1 amide bonds. The van der Waals surface area contributed by atoms with Gasteiger partial charge in [-0.3, -0.25) is 9.78 Å². The number of nitrogens with one attached hydrogen (secondary N) is 1. The maximum atomic E-state index is 12.8. The molecule has 0 atom stereocenters. The fourth-order valence-electron chi connectivity index (χ4n) is 1.49. The van der Waals surface area contributed by atoms with E-state index < -0.39 is 5.82 Å². The molecule has 4 nitrogen and oxygen atoms in total. The van der Waals surface area contributed by atoms with E-state index in [9.17, 15) is 9.18 Å². The number of aromatic nitrogens is 1. The van der Waals surface area contributed by atoms with Gasteiger partial charge in [-0.1, -0.05) is 17.7 Å². The van der Waals surface area contributed by atoms with Gasteiger partial charge >= 0.3 is 0 Å².